The molecule has 0 amide bonds. The second-order valence-corrected chi connectivity index (χ2v) is 4.29. The summed E-state index contributed by atoms with van der Waals surface area (Å²) in [7, 11) is 0. The third kappa shape index (κ3) is 1.50. The van der Waals surface area contributed by atoms with Gasteiger partial charge in [0, 0.05) is 5.69 Å². The number of para-hydroxylation sites is 1. The summed E-state index contributed by atoms with van der Waals surface area (Å²) in [6.45, 7) is 2.03. The van der Waals surface area contributed by atoms with Gasteiger partial charge in [-0.05, 0) is 31.2 Å². The number of hydrogen-bond acceptors (Lipinski definition) is 3. The lowest BCUT2D eigenvalue weighted by molar-refractivity contribution is 0.480. The summed E-state index contributed by atoms with van der Waals surface area (Å²) < 4.78 is 1.83. The van der Waals surface area contributed by atoms with Gasteiger partial charge < -0.3 is 10.8 Å². The van der Waals surface area contributed by atoms with Crippen molar-refractivity contribution in [1.82, 2.24) is 9.55 Å². The van der Waals surface area contributed by atoms with Crippen molar-refractivity contribution in [3.8, 4) is 11.4 Å². The van der Waals surface area contributed by atoms with Crippen molar-refractivity contribution in [3.05, 3.63) is 48.0 Å². The minimum absolute atomic E-state index is 0.144. The van der Waals surface area contributed by atoms with Crippen molar-refractivity contribution in [2.24, 2.45) is 0 Å². The Morgan fingerprint density at radius 2 is 1.83 bits per heavy atom. The van der Waals surface area contributed by atoms with Crippen molar-refractivity contribution >= 4 is 17.0 Å². The lowest BCUT2D eigenvalue weighted by Crippen LogP contribution is -2.00. The maximum atomic E-state index is 9.77. The molecule has 4 heteroatoms. The SMILES string of the molecule is Cc1ccc(-n2c(N)nc3c(O)cccc32)cc1. The molecular weight excluding hydrogens is 226 g/mol. The summed E-state index contributed by atoms with van der Waals surface area (Å²) in [5.41, 5.74) is 9.38. The predicted molar refractivity (Wildman–Crippen MR) is 71.9 cm³/mol. The van der Waals surface area contributed by atoms with Crippen LogP contribution >= 0.6 is 0 Å². The fourth-order valence-electron chi connectivity index (χ4n) is 2.07. The lowest BCUT2D eigenvalue weighted by Gasteiger charge is -2.06. The zero-order chi connectivity index (χ0) is 12.7. The van der Waals surface area contributed by atoms with Crippen LogP contribution in [0.4, 0.5) is 5.95 Å². The zero-order valence-corrected chi connectivity index (χ0v) is 9.96. The van der Waals surface area contributed by atoms with Crippen molar-refractivity contribution < 1.29 is 5.11 Å². The molecule has 0 fully saturated rings. The highest BCUT2D eigenvalue weighted by atomic mass is 16.3. The van der Waals surface area contributed by atoms with E-state index in [1.165, 1.54) is 5.56 Å². The average molecular weight is 239 g/mol. The highest BCUT2D eigenvalue weighted by Gasteiger charge is 2.12. The Morgan fingerprint density at radius 1 is 1.11 bits per heavy atom. The number of phenolic OH excluding ortho intramolecular Hbond substituents is 1. The Morgan fingerprint density at radius 3 is 2.56 bits per heavy atom. The number of benzene rings is 2. The van der Waals surface area contributed by atoms with E-state index < -0.39 is 0 Å². The van der Waals surface area contributed by atoms with Crippen LogP contribution in [0.1, 0.15) is 5.56 Å². The van der Waals surface area contributed by atoms with Crippen LogP contribution in [0.15, 0.2) is 42.5 Å². The van der Waals surface area contributed by atoms with E-state index in [4.69, 9.17) is 5.73 Å². The number of rotatable bonds is 1. The van der Waals surface area contributed by atoms with Crippen LogP contribution < -0.4 is 5.73 Å². The van der Waals surface area contributed by atoms with E-state index in [1.54, 1.807) is 12.1 Å². The largest absolute Gasteiger partial charge is 0.506 e. The minimum Gasteiger partial charge on any atom is -0.506 e. The molecule has 90 valence electrons. The minimum atomic E-state index is 0.144. The summed E-state index contributed by atoms with van der Waals surface area (Å²) in [4.78, 5) is 4.20. The molecular formula is C14H13N3O. The zero-order valence-electron chi connectivity index (χ0n) is 9.96. The first-order valence-corrected chi connectivity index (χ1v) is 5.70. The predicted octanol–water partition coefficient (Wildman–Crippen LogP) is 2.62. The summed E-state index contributed by atoms with van der Waals surface area (Å²) in [5, 5.41) is 9.77. The number of hydrogen-bond donors (Lipinski definition) is 2. The summed E-state index contributed by atoms with van der Waals surface area (Å²) in [6.07, 6.45) is 0. The molecule has 4 nitrogen and oxygen atoms in total. The number of aromatic nitrogens is 2. The first-order chi connectivity index (χ1) is 8.66. The van der Waals surface area contributed by atoms with Gasteiger partial charge in [-0.1, -0.05) is 23.8 Å². The van der Waals surface area contributed by atoms with Gasteiger partial charge in [-0.25, -0.2) is 4.98 Å². The molecule has 0 bridgehead atoms. The van der Waals surface area contributed by atoms with Gasteiger partial charge in [0.1, 0.15) is 11.3 Å². The number of imidazole rings is 1. The van der Waals surface area contributed by atoms with E-state index in [1.807, 2.05) is 41.8 Å². The summed E-state index contributed by atoms with van der Waals surface area (Å²) in [6, 6.07) is 13.3. The Balaban J connectivity index is 2.32. The fourth-order valence-corrected chi connectivity index (χ4v) is 2.07. The fraction of sp³-hybridized carbons (Fsp3) is 0.0714. The Hall–Kier alpha value is -2.49. The number of nitrogens with zero attached hydrogens (tertiary/aromatic N) is 2. The van der Waals surface area contributed by atoms with Crippen molar-refractivity contribution in [3.63, 3.8) is 0 Å². The molecule has 0 radical (unpaired) electrons. The van der Waals surface area contributed by atoms with E-state index in [9.17, 15) is 5.11 Å². The Kier molecular flexibility index (Phi) is 2.23. The topological polar surface area (TPSA) is 64.1 Å². The number of phenols is 1. The van der Waals surface area contributed by atoms with Crippen LogP contribution in [-0.4, -0.2) is 14.7 Å². The first kappa shape index (κ1) is 10.7. The quantitative estimate of drug-likeness (QED) is 0.686. The molecule has 2 aromatic carbocycles. The second-order valence-electron chi connectivity index (χ2n) is 4.29. The molecule has 3 rings (SSSR count). The van der Waals surface area contributed by atoms with Crippen LogP contribution in [0.2, 0.25) is 0 Å². The molecule has 0 aliphatic rings. The van der Waals surface area contributed by atoms with Crippen molar-refractivity contribution in [2.45, 2.75) is 6.92 Å². The number of nitrogen functional groups attached to an aromatic ring is 1. The van der Waals surface area contributed by atoms with Gasteiger partial charge in [0.25, 0.3) is 0 Å². The number of aromatic hydroxyl groups is 1. The summed E-state index contributed by atoms with van der Waals surface area (Å²) in [5.74, 6) is 0.514. The van der Waals surface area contributed by atoms with Gasteiger partial charge in [0.05, 0.1) is 5.52 Å². The molecule has 3 aromatic rings. The molecule has 3 N–H and O–H groups in total. The third-order valence-electron chi connectivity index (χ3n) is 2.98. The van der Waals surface area contributed by atoms with Gasteiger partial charge in [0.15, 0.2) is 0 Å². The Labute approximate surface area is 104 Å². The van der Waals surface area contributed by atoms with Crippen LogP contribution in [0.3, 0.4) is 0 Å². The maximum absolute atomic E-state index is 9.77. The monoisotopic (exact) mass is 239 g/mol. The van der Waals surface area contributed by atoms with Crippen molar-refractivity contribution in [1.29, 1.82) is 0 Å². The molecule has 0 aliphatic carbocycles. The van der Waals surface area contributed by atoms with Gasteiger partial charge in [-0.2, -0.15) is 0 Å². The van der Waals surface area contributed by atoms with Gasteiger partial charge in [0.2, 0.25) is 5.95 Å². The molecule has 0 saturated carbocycles. The number of fused-ring (bicyclic) bond motifs is 1. The van der Waals surface area contributed by atoms with E-state index in [-0.39, 0.29) is 5.75 Å². The number of aryl methyl sites for hydroxylation is 1. The highest BCUT2D eigenvalue weighted by Crippen LogP contribution is 2.28. The molecule has 0 atom stereocenters. The number of anilines is 1. The number of nitrogens with two attached hydrogens (primary N) is 1. The van der Waals surface area contributed by atoms with Crippen LogP contribution in [0.5, 0.6) is 5.75 Å². The third-order valence-corrected chi connectivity index (χ3v) is 2.98. The molecule has 1 heterocycles. The molecule has 18 heavy (non-hydrogen) atoms. The lowest BCUT2D eigenvalue weighted by atomic mass is 10.2. The van der Waals surface area contributed by atoms with Crippen molar-refractivity contribution in [2.75, 3.05) is 5.73 Å². The highest BCUT2D eigenvalue weighted by molar-refractivity contribution is 5.85. The summed E-state index contributed by atoms with van der Waals surface area (Å²) >= 11 is 0. The maximum Gasteiger partial charge on any atom is 0.206 e. The molecule has 0 unspecified atom stereocenters. The molecule has 0 spiro atoms. The van der Waals surface area contributed by atoms with E-state index in [0.29, 0.717) is 11.5 Å². The van der Waals surface area contributed by atoms with Crippen LogP contribution in [-0.2, 0) is 0 Å². The average Bonchev–Trinajstić information content (AvgIpc) is 2.69. The van der Waals surface area contributed by atoms with Gasteiger partial charge in [-0.3, -0.25) is 4.57 Å². The van der Waals surface area contributed by atoms with E-state index >= 15 is 0 Å². The van der Waals surface area contributed by atoms with Gasteiger partial charge >= 0.3 is 0 Å². The normalized spacial score (nSPS) is 10.9. The molecule has 0 saturated heterocycles. The van der Waals surface area contributed by atoms with E-state index in [2.05, 4.69) is 4.98 Å². The molecule has 1 aromatic heterocycles. The van der Waals surface area contributed by atoms with E-state index in [0.717, 1.165) is 11.2 Å². The first-order valence-electron chi connectivity index (χ1n) is 5.70. The van der Waals surface area contributed by atoms with Gasteiger partial charge in [-0.15, -0.1) is 0 Å². The molecule has 0 aliphatic heterocycles. The second kappa shape index (κ2) is 3.77. The standard InChI is InChI=1S/C14H13N3O/c1-9-5-7-10(8-6-9)17-11-3-2-4-12(18)13(11)16-14(17)15/h2-8,18H,1H3,(H2,15,16). The van der Waals surface area contributed by atoms with Crippen LogP contribution in [0.25, 0.3) is 16.7 Å². The van der Waals surface area contributed by atoms with Crippen LogP contribution in [0, 0.1) is 6.92 Å². The smallest absolute Gasteiger partial charge is 0.206 e. The Bertz CT molecular complexity index is 714.